The van der Waals surface area contributed by atoms with Gasteiger partial charge in [0.2, 0.25) is 5.91 Å². The molecule has 1 fully saturated rings. The van der Waals surface area contributed by atoms with E-state index in [1.807, 2.05) is 6.08 Å². The van der Waals surface area contributed by atoms with Crippen molar-refractivity contribution in [2.24, 2.45) is 5.41 Å². The van der Waals surface area contributed by atoms with Crippen molar-refractivity contribution in [3.05, 3.63) is 24.3 Å². The van der Waals surface area contributed by atoms with Crippen LogP contribution in [0.25, 0.3) is 0 Å². The van der Waals surface area contributed by atoms with Gasteiger partial charge in [-0.05, 0) is 12.8 Å². The van der Waals surface area contributed by atoms with E-state index in [-0.39, 0.29) is 11.3 Å². The summed E-state index contributed by atoms with van der Waals surface area (Å²) in [5.41, 5.74) is 0.112. The minimum atomic E-state index is -0.0248. The molecular formula is C15H25NO2. The quantitative estimate of drug-likeness (QED) is 0.429. The van der Waals surface area contributed by atoms with Crippen LogP contribution in [0.15, 0.2) is 24.3 Å². The van der Waals surface area contributed by atoms with Gasteiger partial charge in [-0.2, -0.15) is 0 Å². The Morgan fingerprint density at radius 2 is 2.28 bits per heavy atom. The third-order valence-corrected chi connectivity index (χ3v) is 3.21. The van der Waals surface area contributed by atoms with Gasteiger partial charge < -0.3 is 10.1 Å². The van der Waals surface area contributed by atoms with E-state index in [1.54, 1.807) is 12.2 Å². The number of hydrogen-bond acceptors (Lipinski definition) is 2. The molecule has 0 aromatic rings. The van der Waals surface area contributed by atoms with Gasteiger partial charge in [0, 0.05) is 24.6 Å². The van der Waals surface area contributed by atoms with Gasteiger partial charge in [-0.3, -0.25) is 4.79 Å². The molecule has 0 radical (unpaired) electrons. The number of unbranched alkanes of at least 4 members (excludes halogenated alkanes) is 2. The molecule has 1 N–H and O–H groups in total. The highest BCUT2D eigenvalue weighted by atomic mass is 16.5. The molecule has 0 spiro atoms. The van der Waals surface area contributed by atoms with Crippen LogP contribution >= 0.6 is 0 Å². The molecule has 102 valence electrons. The molecule has 1 unspecified atom stereocenters. The lowest BCUT2D eigenvalue weighted by Crippen LogP contribution is -2.35. The minimum absolute atomic E-state index is 0.0248. The second kappa shape index (κ2) is 8.09. The number of hydrogen-bond donors (Lipinski definition) is 1. The molecule has 0 bridgehead atoms. The van der Waals surface area contributed by atoms with E-state index >= 15 is 0 Å². The van der Waals surface area contributed by atoms with Crippen LogP contribution in [0.5, 0.6) is 0 Å². The normalized spacial score (nSPS) is 24.1. The molecule has 1 amide bonds. The van der Waals surface area contributed by atoms with Crippen molar-refractivity contribution in [3.8, 4) is 0 Å². The maximum Gasteiger partial charge on any atom is 0.243 e. The number of nitrogens with one attached hydrogen (secondary N) is 1. The second-order valence-corrected chi connectivity index (χ2v) is 5.26. The van der Waals surface area contributed by atoms with Crippen LogP contribution in [0, 0.1) is 5.41 Å². The Kier molecular flexibility index (Phi) is 6.73. The fourth-order valence-corrected chi connectivity index (χ4v) is 1.85. The van der Waals surface area contributed by atoms with Gasteiger partial charge in [-0.15, -0.1) is 0 Å². The van der Waals surface area contributed by atoms with E-state index in [0.29, 0.717) is 6.54 Å². The van der Waals surface area contributed by atoms with Gasteiger partial charge in [-0.25, -0.2) is 0 Å². The lowest BCUT2D eigenvalue weighted by molar-refractivity contribution is -0.116. The molecule has 1 aliphatic heterocycles. The van der Waals surface area contributed by atoms with E-state index in [4.69, 9.17) is 4.74 Å². The van der Waals surface area contributed by atoms with E-state index in [2.05, 4.69) is 25.2 Å². The largest absolute Gasteiger partial charge is 0.381 e. The van der Waals surface area contributed by atoms with Gasteiger partial charge in [0.15, 0.2) is 0 Å². The van der Waals surface area contributed by atoms with Crippen LogP contribution in [0.3, 0.4) is 0 Å². The standard InChI is InChI=1S/C15H25NO2/c1-3-4-5-6-7-8-9-14(17)16-12-15(2)10-11-18-13-15/h6-9H,3-5,10-13H2,1-2H3,(H,16,17)/b7-6+,9-8+. The van der Waals surface area contributed by atoms with E-state index in [1.165, 1.54) is 12.8 Å². The summed E-state index contributed by atoms with van der Waals surface area (Å²) in [6.07, 6.45) is 11.9. The molecule has 1 atom stereocenters. The molecular weight excluding hydrogens is 226 g/mol. The van der Waals surface area contributed by atoms with Gasteiger partial charge >= 0.3 is 0 Å². The second-order valence-electron chi connectivity index (χ2n) is 5.26. The Hall–Kier alpha value is -1.09. The molecule has 1 heterocycles. The number of amides is 1. The average Bonchev–Trinajstić information content (AvgIpc) is 2.79. The number of ether oxygens (including phenoxy) is 1. The zero-order chi connectivity index (χ0) is 13.3. The first-order chi connectivity index (χ1) is 8.66. The Morgan fingerprint density at radius 1 is 1.44 bits per heavy atom. The summed E-state index contributed by atoms with van der Waals surface area (Å²) in [5, 5.41) is 2.93. The lowest BCUT2D eigenvalue weighted by atomic mass is 9.90. The molecule has 0 aliphatic carbocycles. The summed E-state index contributed by atoms with van der Waals surface area (Å²) in [4.78, 5) is 11.6. The average molecular weight is 251 g/mol. The minimum Gasteiger partial charge on any atom is -0.381 e. The molecule has 0 aromatic heterocycles. The molecule has 1 rings (SSSR count). The highest BCUT2D eigenvalue weighted by molar-refractivity contribution is 5.87. The van der Waals surface area contributed by atoms with Crippen molar-refractivity contribution >= 4 is 5.91 Å². The predicted octanol–water partition coefficient (Wildman–Crippen LogP) is 2.83. The summed E-state index contributed by atoms with van der Waals surface area (Å²) in [7, 11) is 0. The highest BCUT2D eigenvalue weighted by Gasteiger charge is 2.29. The zero-order valence-corrected chi connectivity index (χ0v) is 11.6. The highest BCUT2D eigenvalue weighted by Crippen LogP contribution is 2.26. The summed E-state index contributed by atoms with van der Waals surface area (Å²) in [5.74, 6) is -0.0248. The van der Waals surface area contributed by atoms with Crippen molar-refractivity contribution < 1.29 is 9.53 Å². The maximum atomic E-state index is 11.6. The topological polar surface area (TPSA) is 38.3 Å². The molecule has 1 aliphatic rings. The molecule has 3 heteroatoms. The third kappa shape index (κ3) is 6.01. The van der Waals surface area contributed by atoms with Gasteiger partial charge in [0.05, 0.1) is 6.61 Å². The number of carbonyl (C=O) groups excluding carboxylic acids is 1. The summed E-state index contributed by atoms with van der Waals surface area (Å²) in [6, 6.07) is 0. The van der Waals surface area contributed by atoms with Gasteiger partial charge in [0.25, 0.3) is 0 Å². The van der Waals surface area contributed by atoms with Crippen LogP contribution in [0.2, 0.25) is 0 Å². The molecule has 1 saturated heterocycles. The van der Waals surface area contributed by atoms with Crippen LogP contribution < -0.4 is 5.32 Å². The van der Waals surface area contributed by atoms with Crippen LogP contribution in [-0.4, -0.2) is 25.7 Å². The predicted molar refractivity (Wildman–Crippen MR) is 74.4 cm³/mol. The molecule has 18 heavy (non-hydrogen) atoms. The third-order valence-electron chi connectivity index (χ3n) is 3.21. The molecule has 0 saturated carbocycles. The van der Waals surface area contributed by atoms with Crippen LogP contribution in [-0.2, 0) is 9.53 Å². The van der Waals surface area contributed by atoms with Crippen molar-refractivity contribution in [1.82, 2.24) is 5.32 Å². The fraction of sp³-hybridized carbons (Fsp3) is 0.667. The van der Waals surface area contributed by atoms with Crippen molar-refractivity contribution in [3.63, 3.8) is 0 Å². The molecule has 3 nitrogen and oxygen atoms in total. The van der Waals surface area contributed by atoms with Crippen molar-refractivity contribution in [2.75, 3.05) is 19.8 Å². The molecule has 0 aromatic carbocycles. The first-order valence-corrected chi connectivity index (χ1v) is 6.85. The van der Waals surface area contributed by atoms with E-state index < -0.39 is 0 Å². The summed E-state index contributed by atoms with van der Waals surface area (Å²) >= 11 is 0. The summed E-state index contributed by atoms with van der Waals surface area (Å²) < 4.78 is 5.35. The Morgan fingerprint density at radius 3 is 2.94 bits per heavy atom. The van der Waals surface area contributed by atoms with E-state index in [0.717, 1.165) is 26.1 Å². The van der Waals surface area contributed by atoms with Gasteiger partial charge in [-0.1, -0.05) is 44.9 Å². The van der Waals surface area contributed by atoms with Crippen LogP contribution in [0.4, 0.5) is 0 Å². The first kappa shape index (κ1) is 15.0. The Balaban J connectivity index is 2.16. The monoisotopic (exact) mass is 251 g/mol. The van der Waals surface area contributed by atoms with Crippen molar-refractivity contribution in [2.45, 2.75) is 39.5 Å². The van der Waals surface area contributed by atoms with Crippen molar-refractivity contribution in [1.29, 1.82) is 0 Å². The Labute approximate surface area is 110 Å². The number of allylic oxidation sites excluding steroid dienone is 3. The van der Waals surface area contributed by atoms with E-state index in [9.17, 15) is 4.79 Å². The summed E-state index contributed by atoms with van der Waals surface area (Å²) in [6.45, 7) is 6.56. The smallest absolute Gasteiger partial charge is 0.243 e. The Bertz CT molecular complexity index is 302. The number of rotatable bonds is 7. The maximum absolute atomic E-state index is 11.6. The SMILES string of the molecule is CCCC/C=C/C=C/C(=O)NCC1(C)CCOC1. The zero-order valence-electron chi connectivity index (χ0n) is 11.6. The van der Waals surface area contributed by atoms with Crippen LogP contribution in [0.1, 0.15) is 39.5 Å². The number of carbonyl (C=O) groups is 1. The first-order valence-electron chi connectivity index (χ1n) is 6.85. The lowest BCUT2D eigenvalue weighted by Gasteiger charge is -2.21. The van der Waals surface area contributed by atoms with Gasteiger partial charge in [0.1, 0.15) is 0 Å². The fourth-order valence-electron chi connectivity index (χ4n) is 1.85.